The van der Waals surface area contributed by atoms with Crippen molar-refractivity contribution in [3.8, 4) is 10.6 Å². The number of benzene rings is 1. The van der Waals surface area contributed by atoms with Crippen LogP contribution in [0.3, 0.4) is 0 Å². The van der Waals surface area contributed by atoms with Crippen LogP contribution in [-0.4, -0.2) is 34.4 Å². The first-order chi connectivity index (χ1) is 11.4. The van der Waals surface area contributed by atoms with E-state index in [1.807, 2.05) is 12.3 Å². The van der Waals surface area contributed by atoms with E-state index in [-0.39, 0.29) is 17.3 Å². The molecule has 1 N–H and O–H groups in total. The van der Waals surface area contributed by atoms with E-state index in [4.69, 9.17) is 0 Å². The van der Waals surface area contributed by atoms with Gasteiger partial charge in [-0.3, -0.25) is 9.69 Å². The van der Waals surface area contributed by atoms with Crippen LogP contribution in [0.5, 0.6) is 0 Å². The fourth-order valence-corrected chi connectivity index (χ4v) is 4.06. The van der Waals surface area contributed by atoms with Crippen molar-refractivity contribution in [3.63, 3.8) is 0 Å². The number of carbonyl (C=O) groups is 1. The summed E-state index contributed by atoms with van der Waals surface area (Å²) in [6.07, 6.45) is 3.77. The summed E-state index contributed by atoms with van der Waals surface area (Å²) in [6.45, 7) is 6.43. The minimum atomic E-state index is -0.238. The Balaban J connectivity index is 1.59. The number of likely N-dealkylation sites (tertiary alicyclic amines) is 1. The van der Waals surface area contributed by atoms with Crippen LogP contribution in [0.25, 0.3) is 10.6 Å². The molecule has 24 heavy (non-hydrogen) atoms. The number of aromatic nitrogens is 1. The predicted octanol–water partition coefficient (Wildman–Crippen LogP) is 3.44. The lowest BCUT2D eigenvalue weighted by molar-refractivity contribution is -0.121. The third-order valence-electron chi connectivity index (χ3n) is 4.44. The van der Waals surface area contributed by atoms with Crippen LogP contribution < -0.4 is 5.32 Å². The molecule has 0 bridgehead atoms. The van der Waals surface area contributed by atoms with Crippen LogP contribution in [-0.2, 0) is 11.3 Å². The molecule has 4 nitrogen and oxygen atoms in total. The number of nitrogens with one attached hydrogen (secondary N) is 1. The van der Waals surface area contributed by atoms with Gasteiger partial charge in [0.25, 0.3) is 0 Å². The summed E-state index contributed by atoms with van der Waals surface area (Å²) in [5, 5.41) is 3.91. The van der Waals surface area contributed by atoms with E-state index < -0.39 is 0 Å². The number of rotatable bonds is 4. The van der Waals surface area contributed by atoms with E-state index >= 15 is 0 Å². The molecule has 1 amide bonds. The van der Waals surface area contributed by atoms with Crippen LogP contribution in [0.4, 0.5) is 4.39 Å². The molecule has 3 rings (SSSR count). The maximum Gasteiger partial charge on any atom is 0.217 e. The van der Waals surface area contributed by atoms with Gasteiger partial charge in [0.2, 0.25) is 5.91 Å². The number of nitrogens with zero attached hydrogens (tertiary/aromatic N) is 2. The molecule has 1 aliphatic heterocycles. The third kappa shape index (κ3) is 4.19. The Labute approximate surface area is 145 Å². The smallest absolute Gasteiger partial charge is 0.217 e. The molecule has 2 aromatic rings. The molecule has 0 aliphatic carbocycles. The summed E-state index contributed by atoms with van der Waals surface area (Å²) in [5.74, 6) is -0.203. The molecule has 0 unspecified atom stereocenters. The summed E-state index contributed by atoms with van der Waals surface area (Å²) in [6, 6.07) is 6.55. The molecule has 128 valence electrons. The molecule has 1 saturated heterocycles. The molecule has 2 heterocycles. The summed E-state index contributed by atoms with van der Waals surface area (Å²) in [5.41, 5.74) is 0.728. The van der Waals surface area contributed by atoms with E-state index in [9.17, 15) is 9.18 Å². The molecular weight excluding hydrogens is 325 g/mol. The summed E-state index contributed by atoms with van der Waals surface area (Å²) in [7, 11) is 0. The van der Waals surface area contributed by atoms with Crippen molar-refractivity contribution in [3.05, 3.63) is 41.2 Å². The van der Waals surface area contributed by atoms with Gasteiger partial charge >= 0.3 is 0 Å². The second-order valence-corrected chi connectivity index (χ2v) is 7.78. The monoisotopic (exact) mass is 347 g/mol. The fourth-order valence-electron chi connectivity index (χ4n) is 3.11. The first-order valence-corrected chi connectivity index (χ1v) is 8.97. The fraction of sp³-hybridized carbons (Fsp3) is 0.444. The standard InChI is InChI=1S/C18H22FN3OS/c1-13(23)21-18(2)6-8-22(9-7-18)12-16-11-20-17(24-16)14-4-3-5-15(19)10-14/h3-5,10-11H,6-9,12H2,1-2H3,(H,21,23). The van der Waals surface area contributed by atoms with Crippen LogP contribution >= 0.6 is 11.3 Å². The lowest BCUT2D eigenvalue weighted by Crippen LogP contribution is -2.52. The molecule has 6 heteroatoms. The van der Waals surface area contributed by atoms with Crippen molar-refractivity contribution >= 4 is 17.2 Å². The number of amides is 1. The van der Waals surface area contributed by atoms with Gasteiger partial charge < -0.3 is 5.32 Å². The lowest BCUT2D eigenvalue weighted by Gasteiger charge is -2.39. The minimum Gasteiger partial charge on any atom is -0.351 e. The van der Waals surface area contributed by atoms with Crippen molar-refractivity contribution < 1.29 is 9.18 Å². The first-order valence-electron chi connectivity index (χ1n) is 8.15. The van der Waals surface area contributed by atoms with Crippen LogP contribution in [0.15, 0.2) is 30.5 Å². The third-order valence-corrected chi connectivity index (χ3v) is 5.47. The molecule has 1 aliphatic rings. The number of hydrogen-bond acceptors (Lipinski definition) is 4. The number of hydrogen-bond donors (Lipinski definition) is 1. The zero-order valence-corrected chi connectivity index (χ0v) is 14.8. The largest absolute Gasteiger partial charge is 0.351 e. The van der Waals surface area contributed by atoms with Crippen molar-refractivity contribution in [1.29, 1.82) is 0 Å². The van der Waals surface area contributed by atoms with Crippen molar-refractivity contribution in [2.24, 2.45) is 0 Å². The van der Waals surface area contributed by atoms with Gasteiger partial charge in [0.1, 0.15) is 10.8 Å². The normalized spacial score (nSPS) is 17.6. The molecule has 0 spiro atoms. The highest BCUT2D eigenvalue weighted by atomic mass is 32.1. The summed E-state index contributed by atoms with van der Waals surface area (Å²) in [4.78, 5) is 19.3. The molecule has 0 saturated carbocycles. The summed E-state index contributed by atoms with van der Waals surface area (Å²) >= 11 is 1.61. The zero-order chi connectivity index (χ0) is 17.2. The van der Waals surface area contributed by atoms with E-state index in [1.54, 1.807) is 24.3 Å². The number of piperidine rings is 1. The maximum atomic E-state index is 13.3. The van der Waals surface area contributed by atoms with Crippen LogP contribution in [0.2, 0.25) is 0 Å². The Bertz CT molecular complexity index is 723. The molecular formula is C18H22FN3OS. The molecule has 0 radical (unpaired) electrons. The highest BCUT2D eigenvalue weighted by molar-refractivity contribution is 7.15. The molecule has 1 aromatic heterocycles. The van der Waals surface area contributed by atoms with E-state index in [0.717, 1.165) is 43.0 Å². The Morgan fingerprint density at radius 3 is 2.83 bits per heavy atom. The molecule has 1 aromatic carbocycles. The first kappa shape index (κ1) is 17.0. The Kier molecular flexibility index (Phi) is 4.96. The van der Waals surface area contributed by atoms with Gasteiger partial charge in [-0.15, -0.1) is 11.3 Å². The topological polar surface area (TPSA) is 45.2 Å². The molecule has 1 fully saturated rings. The Morgan fingerprint density at radius 1 is 1.42 bits per heavy atom. The number of carbonyl (C=O) groups excluding carboxylic acids is 1. The Morgan fingerprint density at radius 2 is 2.17 bits per heavy atom. The van der Waals surface area contributed by atoms with Gasteiger partial charge in [-0.05, 0) is 31.9 Å². The summed E-state index contributed by atoms with van der Waals surface area (Å²) < 4.78 is 13.3. The quantitative estimate of drug-likeness (QED) is 0.921. The average molecular weight is 347 g/mol. The van der Waals surface area contributed by atoms with Gasteiger partial charge in [0, 0.05) is 48.7 Å². The van der Waals surface area contributed by atoms with Gasteiger partial charge in [0.05, 0.1) is 0 Å². The highest BCUT2D eigenvalue weighted by Crippen LogP contribution is 2.28. The molecule has 0 atom stereocenters. The van der Waals surface area contributed by atoms with Crippen molar-refractivity contribution in [2.45, 2.75) is 38.8 Å². The van der Waals surface area contributed by atoms with Crippen molar-refractivity contribution in [2.75, 3.05) is 13.1 Å². The van der Waals surface area contributed by atoms with E-state index in [2.05, 4.69) is 22.1 Å². The van der Waals surface area contributed by atoms with Gasteiger partial charge in [-0.1, -0.05) is 12.1 Å². The maximum absolute atomic E-state index is 13.3. The predicted molar refractivity (Wildman–Crippen MR) is 94.2 cm³/mol. The minimum absolute atomic E-state index is 0.0353. The second kappa shape index (κ2) is 6.99. The van der Waals surface area contributed by atoms with Crippen LogP contribution in [0.1, 0.15) is 31.6 Å². The van der Waals surface area contributed by atoms with Crippen LogP contribution in [0, 0.1) is 5.82 Å². The highest BCUT2D eigenvalue weighted by Gasteiger charge is 2.30. The average Bonchev–Trinajstić information content (AvgIpc) is 2.97. The van der Waals surface area contributed by atoms with E-state index in [1.165, 1.54) is 17.0 Å². The SMILES string of the molecule is CC(=O)NC1(C)CCN(Cc2cnc(-c3cccc(F)c3)s2)CC1. The van der Waals surface area contributed by atoms with Gasteiger partial charge in [-0.25, -0.2) is 9.37 Å². The Hall–Kier alpha value is -1.79. The number of thiazole rings is 1. The van der Waals surface area contributed by atoms with E-state index in [0.29, 0.717) is 0 Å². The van der Waals surface area contributed by atoms with Gasteiger partial charge in [0.15, 0.2) is 0 Å². The second-order valence-electron chi connectivity index (χ2n) is 6.66. The zero-order valence-electron chi connectivity index (χ0n) is 14.0. The van der Waals surface area contributed by atoms with Crippen molar-refractivity contribution in [1.82, 2.24) is 15.2 Å². The number of halogens is 1. The van der Waals surface area contributed by atoms with Gasteiger partial charge in [-0.2, -0.15) is 0 Å². The lowest BCUT2D eigenvalue weighted by atomic mass is 9.89.